The van der Waals surface area contributed by atoms with Crippen LogP contribution in [0.25, 0.3) is 0 Å². The standard InChI is InChI=1S/C20H27N3O2.BrH/c1-24-19-17-6-2-3-7-18(17)20(25-19)8-13-22(14-9-20)11-4-5-12-23-15-10-21-16-23;/h2-3,6-7,10,15-16,19H,4-5,8-9,11-14H2,1H3;1H/p-1. The molecule has 0 aliphatic carbocycles. The van der Waals surface area contributed by atoms with Gasteiger partial charge in [0, 0.05) is 44.7 Å². The maximum atomic E-state index is 6.37. The number of rotatable bonds is 6. The number of unbranched alkanes of at least 4 members (excludes halogenated alkanes) is 1. The van der Waals surface area contributed by atoms with Crippen LogP contribution < -0.4 is 17.0 Å². The molecular formula is C20H27BrN3O2-. The van der Waals surface area contributed by atoms with Crippen molar-refractivity contribution in [3.63, 3.8) is 0 Å². The van der Waals surface area contributed by atoms with Crippen LogP contribution in [-0.4, -0.2) is 41.2 Å². The first-order chi connectivity index (χ1) is 12.3. The van der Waals surface area contributed by atoms with Crippen LogP contribution in [0.15, 0.2) is 43.0 Å². The second-order valence-corrected chi connectivity index (χ2v) is 7.12. The number of aryl methyl sites for hydroxylation is 1. The first-order valence-electron chi connectivity index (χ1n) is 9.29. The van der Waals surface area contributed by atoms with Gasteiger partial charge in [-0.15, -0.1) is 0 Å². The van der Waals surface area contributed by atoms with Gasteiger partial charge in [0.2, 0.25) is 0 Å². The third kappa shape index (κ3) is 3.88. The number of imidazole rings is 1. The highest BCUT2D eigenvalue weighted by atomic mass is 79.9. The minimum Gasteiger partial charge on any atom is -1.00 e. The van der Waals surface area contributed by atoms with Crippen molar-refractivity contribution < 1.29 is 26.5 Å². The highest BCUT2D eigenvalue weighted by Gasteiger charge is 2.46. The maximum absolute atomic E-state index is 6.37. The number of ether oxygens (including phenoxy) is 2. The Labute approximate surface area is 166 Å². The molecule has 26 heavy (non-hydrogen) atoms. The summed E-state index contributed by atoms with van der Waals surface area (Å²) in [5.74, 6) is 0. The van der Waals surface area contributed by atoms with Gasteiger partial charge in [-0.1, -0.05) is 24.3 Å². The second kappa shape index (κ2) is 8.65. The SMILES string of the molecule is COC1OC2(CCN(CCCCn3ccnc3)CC2)c2ccccc21.[Br-]. The number of benzene rings is 1. The van der Waals surface area contributed by atoms with E-state index in [2.05, 4.69) is 38.7 Å². The lowest BCUT2D eigenvalue weighted by Gasteiger charge is -2.39. The zero-order chi connectivity index (χ0) is 17.1. The molecule has 4 rings (SSSR count). The van der Waals surface area contributed by atoms with E-state index in [0.29, 0.717) is 0 Å². The number of nitrogens with zero attached hydrogens (tertiary/aromatic N) is 3. The molecule has 1 fully saturated rings. The average molecular weight is 421 g/mol. The number of fused-ring (bicyclic) bond motifs is 2. The largest absolute Gasteiger partial charge is 1.00 e. The number of methoxy groups -OCH3 is 1. The van der Waals surface area contributed by atoms with Crippen LogP contribution in [0.3, 0.4) is 0 Å². The molecule has 142 valence electrons. The molecule has 1 aromatic carbocycles. The number of likely N-dealkylation sites (tertiary alicyclic amines) is 1. The average Bonchev–Trinajstić information content (AvgIpc) is 3.28. The summed E-state index contributed by atoms with van der Waals surface area (Å²) in [7, 11) is 1.73. The van der Waals surface area contributed by atoms with Gasteiger partial charge in [0.05, 0.1) is 11.9 Å². The third-order valence-electron chi connectivity index (χ3n) is 5.62. The molecule has 6 heteroatoms. The summed E-state index contributed by atoms with van der Waals surface area (Å²) >= 11 is 0. The van der Waals surface area contributed by atoms with Crippen molar-refractivity contribution in [3.05, 3.63) is 54.1 Å². The molecule has 1 aromatic heterocycles. The summed E-state index contributed by atoms with van der Waals surface area (Å²) in [6.45, 7) is 4.41. The first-order valence-corrected chi connectivity index (χ1v) is 9.29. The highest BCUT2D eigenvalue weighted by molar-refractivity contribution is 5.37. The summed E-state index contributed by atoms with van der Waals surface area (Å²) < 4.78 is 14.1. The van der Waals surface area contributed by atoms with Gasteiger partial charge in [-0.05, 0) is 37.8 Å². The molecule has 1 unspecified atom stereocenters. The minimum absolute atomic E-state index is 0. The fourth-order valence-corrected chi connectivity index (χ4v) is 4.20. The number of piperidine rings is 1. The lowest BCUT2D eigenvalue weighted by Crippen LogP contribution is -3.00. The van der Waals surface area contributed by atoms with E-state index < -0.39 is 0 Å². The van der Waals surface area contributed by atoms with Gasteiger partial charge in [-0.3, -0.25) is 0 Å². The summed E-state index contributed by atoms with van der Waals surface area (Å²) in [5, 5.41) is 0. The fraction of sp³-hybridized carbons (Fsp3) is 0.550. The maximum Gasteiger partial charge on any atom is 0.184 e. The van der Waals surface area contributed by atoms with E-state index in [1.165, 1.54) is 30.5 Å². The summed E-state index contributed by atoms with van der Waals surface area (Å²) in [6.07, 6.45) is 10.1. The van der Waals surface area contributed by atoms with E-state index in [0.717, 1.165) is 32.5 Å². The zero-order valence-corrected chi connectivity index (χ0v) is 16.9. The Kier molecular flexibility index (Phi) is 6.51. The molecule has 0 radical (unpaired) electrons. The van der Waals surface area contributed by atoms with Crippen molar-refractivity contribution in [1.29, 1.82) is 0 Å². The molecular weight excluding hydrogens is 394 g/mol. The van der Waals surface area contributed by atoms with Crippen molar-refractivity contribution >= 4 is 0 Å². The Morgan fingerprint density at radius 2 is 1.96 bits per heavy atom. The number of aromatic nitrogens is 2. The predicted molar refractivity (Wildman–Crippen MR) is 96.1 cm³/mol. The summed E-state index contributed by atoms with van der Waals surface area (Å²) in [6, 6.07) is 8.54. The van der Waals surface area contributed by atoms with Gasteiger partial charge in [0.15, 0.2) is 6.29 Å². The molecule has 0 amide bonds. The molecule has 1 atom stereocenters. The Balaban J connectivity index is 0.00000196. The highest BCUT2D eigenvalue weighted by Crippen LogP contribution is 2.49. The number of hydrogen-bond acceptors (Lipinski definition) is 4. The molecule has 0 bridgehead atoms. The van der Waals surface area contributed by atoms with Crippen LogP contribution in [0.2, 0.25) is 0 Å². The molecule has 3 heterocycles. The molecule has 1 spiro atoms. The van der Waals surface area contributed by atoms with Crippen LogP contribution in [0.4, 0.5) is 0 Å². The fourth-order valence-electron chi connectivity index (χ4n) is 4.20. The number of hydrogen-bond donors (Lipinski definition) is 0. The van der Waals surface area contributed by atoms with Crippen LogP contribution in [0, 0.1) is 0 Å². The van der Waals surface area contributed by atoms with Gasteiger partial charge in [0.25, 0.3) is 0 Å². The smallest absolute Gasteiger partial charge is 0.184 e. The summed E-state index contributed by atoms with van der Waals surface area (Å²) in [4.78, 5) is 6.67. The van der Waals surface area contributed by atoms with E-state index in [1.54, 1.807) is 7.11 Å². The minimum atomic E-state index is -0.210. The van der Waals surface area contributed by atoms with Gasteiger partial charge < -0.3 is 35.9 Å². The van der Waals surface area contributed by atoms with Gasteiger partial charge in [-0.2, -0.15) is 0 Å². The van der Waals surface area contributed by atoms with Gasteiger partial charge >= 0.3 is 0 Å². The molecule has 5 nitrogen and oxygen atoms in total. The van der Waals surface area contributed by atoms with Crippen molar-refractivity contribution in [2.75, 3.05) is 26.7 Å². The first kappa shape index (κ1) is 19.5. The van der Waals surface area contributed by atoms with E-state index in [9.17, 15) is 0 Å². The van der Waals surface area contributed by atoms with Crippen molar-refractivity contribution in [2.45, 2.75) is 44.1 Å². The van der Waals surface area contributed by atoms with Crippen LogP contribution >= 0.6 is 0 Å². The Bertz CT molecular complexity index is 684. The van der Waals surface area contributed by atoms with Gasteiger partial charge in [0.1, 0.15) is 0 Å². The molecule has 2 aliphatic heterocycles. The van der Waals surface area contributed by atoms with Crippen molar-refractivity contribution in [2.24, 2.45) is 0 Å². The Morgan fingerprint density at radius 3 is 2.69 bits per heavy atom. The third-order valence-corrected chi connectivity index (χ3v) is 5.62. The van der Waals surface area contributed by atoms with Crippen molar-refractivity contribution in [3.8, 4) is 0 Å². The van der Waals surface area contributed by atoms with Crippen LogP contribution in [0.5, 0.6) is 0 Å². The van der Waals surface area contributed by atoms with Gasteiger partial charge in [-0.25, -0.2) is 4.98 Å². The molecule has 2 aromatic rings. The lowest BCUT2D eigenvalue weighted by atomic mass is 9.83. The summed E-state index contributed by atoms with van der Waals surface area (Å²) in [5.41, 5.74) is 2.39. The normalized spacial score (nSPS) is 21.5. The number of halogens is 1. The topological polar surface area (TPSA) is 39.5 Å². The Hall–Kier alpha value is -1.21. The Morgan fingerprint density at radius 1 is 1.19 bits per heavy atom. The quantitative estimate of drug-likeness (QED) is 0.631. The molecule has 2 aliphatic rings. The monoisotopic (exact) mass is 420 g/mol. The van der Waals surface area contributed by atoms with Crippen LogP contribution in [-0.2, 0) is 21.6 Å². The second-order valence-electron chi connectivity index (χ2n) is 7.12. The zero-order valence-electron chi connectivity index (χ0n) is 15.3. The molecule has 0 N–H and O–H groups in total. The van der Waals surface area contributed by atoms with E-state index in [-0.39, 0.29) is 28.9 Å². The molecule has 0 saturated carbocycles. The van der Waals surface area contributed by atoms with E-state index >= 15 is 0 Å². The van der Waals surface area contributed by atoms with E-state index in [4.69, 9.17) is 9.47 Å². The van der Waals surface area contributed by atoms with Crippen molar-refractivity contribution in [1.82, 2.24) is 14.5 Å². The van der Waals surface area contributed by atoms with E-state index in [1.807, 2.05) is 18.7 Å². The predicted octanol–water partition coefficient (Wildman–Crippen LogP) is 0.334. The lowest BCUT2D eigenvalue weighted by molar-refractivity contribution is -0.202. The van der Waals surface area contributed by atoms with Crippen LogP contribution in [0.1, 0.15) is 43.1 Å². The molecule has 1 saturated heterocycles.